The number of pyridine rings is 1. The van der Waals surface area contributed by atoms with Crippen LogP contribution in [-0.4, -0.2) is 11.5 Å². The number of nitrogens with two attached hydrogens (primary N) is 1. The van der Waals surface area contributed by atoms with Crippen LogP contribution in [0.3, 0.4) is 0 Å². The fraction of sp³-hybridized carbons (Fsp3) is 0.250. The van der Waals surface area contributed by atoms with E-state index < -0.39 is 0 Å². The van der Waals surface area contributed by atoms with E-state index in [1.165, 1.54) is 0 Å². The van der Waals surface area contributed by atoms with Crippen LogP contribution in [0.15, 0.2) is 42.6 Å². The molecule has 1 heterocycles. The molecule has 0 bridgehead atoms. The van der Waals surface area contributed by atoms with Gasteiger partial charge in [0.2, 0.25) is 0 Å². The predicted octanol–water partition coefficient (Wildman–Crippen LogP) is 2.95. The highest BCUT2D eigenvalue weighted by molar-refractivity contribution is 5.57. The zero-order chi connectivity index (χ0) is 14.4. The van der Waals surface area contributed by atoms with Crippen LogP contribution >= 0.6 is 0 Å². The minimum atomic E-state index is 0.454. The second-order valence-corrected chi connectivity index (χ2v) is 4.60. The summed E-state index contributed by atoms with van der Waals surface area (Å²) < 4.78 is 0. The first kappa shape index (κ1) is 13.9. The molecule has 0 saturated carbocycles. The first-order valence-electron chi connectivity index (χ1n) is 6.69. The lowest BCUT2D eigenvalue weighted by molar-refractivity contribution is 0.765. The van der Waals surface area contributed by atoms with Crippen molar-refractivity contribution < 1.29 is 0 Å². The number of hydrogen-bond donors (Lipinski definition) is 1. The van der Waals surface area contributed by atoms with Crippen molar-refractivity contribution in [3.05, 3.63) is 53.9 Å². The van der Waals surface area contributed by atoms with Crippen LogP contribution in [0, 0.1) is 11.3 Å². The van der Waals surface area contributed by atoms with Crippen LogP contribution in [0.5, 0.6) is 0 Å². The highest BCUT2D eigenvalue weighted by atomic mass is 15.1. The number of anilines is 2. The van der Waals surface area contributed by atoms with Gasteiger partial charge >= 0.3 is 0 Å². The number of para-hydroxylation sites is 1. The molecule has 4 heteroatoms. The van der Waals surface area contributed by atoms with Crippen LogP contribution < -0.4 is 10.6 Å². The average molecular weight is 266 g/mol. The summed E-state index contributed by atoms with van der Waals surface area (Å²) in [5.74, 6) is 0. The van der Waals surface area contributed by atoms with Crippen molar-refractivity contribution in [1.29, 1.82) is 5.26 Å². The van der Waals surface area contributed by atoms with E-state index in [0.717, 1.165) is 29.9 Å². The first-order chi connectivity index (χ1) is 9.76. The molecule has 0 atom stereocenters. The number of benzene rings is 1. The van der Waals surface area contributed by atoms with Crippen molar-refractivity contribution in [3.63, 3.8) is 0 Å². The maximum absolute atomic E-state index is 9.19. The van der Waals surface area contributed by atoms with Crippen molar-refractivity contribution >= 4 is 11.4 Å². The first-order valence-corrected chi connectivity index (χ1v) is 6.69. The molecule has 0 fully saturated rings. The second-order valence-electron chi connectivity index (χ2n) is 4.60. The summed E-state index contributed by atoms with van der Waals surface area (Å²) in [5, 5.41) is 9.19. The molecule has 1 aromatic carbocycles. The van der Waals surface area contributed by atoms with Gasteiger partial charge in [-0.15, -0.1) is 0 Å². The molecule has 102 valence electrons. The Morgan fingerprint density at radius 1 is 1.25 bits per heavy atom. The van der Waals surface area contributed by atoms with Crippen LogP contribution in [0.2, 0.25) is 0 Å². The smallest absolute Gasteiger partial charge is 0.163 e. The molecule has 2 rings (SSSR count). The minimum absolute atomic E-state index is 0.454. The van der Waals surface area contributed by atoms with E-state index in [9.17, 15) is 5.26 Å². The van der Waals surface area contributed by atoms with Crippen molar-refractivity contribution in [2.45, 2.75) is 19.9 Å². The van der Waals surface area contributed by atoms with E-state index in [0.29, 0.717) is 12.2 Å². The molecular weight excluding hydrogens is 248 g/mol. The Kier molecular flexibility index (Phi) is 4.56. The molecular formula is C16H18N4. The summed E-state index contributed by atoms with van der Waals surface area (Å²) in [6, 6.07) is 13.7. The lowest BCUT2D eigenvalue weighted by Gasteiger charge is -2.25. The maximum Gasteiger partial charge on any atom is 0.163 e. The molecule has 20 heavy (non-hydrogen) atoms. The van der Waals surface area contributed by atoms with Crippen molar-refractivity contribution in [3.8, 4) is 6.07 Å². The Labute approximate surface area is 119 Å². The summed E-state index contributed by atoms with van der Waals surface area (Å²) in [5.41, 5.74) is 9.16. The number of aromatic nitrogens is 1. The van der Waals surface area contributed by atoms with Crippen LogP contribution in [0.25, 0.3) is 0 Å². The van der Waals surface area contributed by atoms with Gasteiger partial charge in [0.05, 0.1) is 5.69 Å². The topological polar surface area (TPSA) is 65.9 Å². The largest absolute Gasteiger partial charge is 0.398 e. The van der Waals surface area contributed by atoms with Crippen LogP contribution in [0.1, 0.15) is 24.6 Å². The standard InChI is InChI=1S/C16H18N4/c1-2-10-20(12-13-6-3-4-7-14(13)18)16-8-5-9-19-15(16)11-17/h3-9H,2,10,12,18H2,1H3. The predicted molar refractivity (Wildman–Crippen MR) is 81.1 cm³/mol. The van der Waals surface area contributed by atoms with Gasteiger partial charge in [-0.2, -0.15) is 5.26 Å². The summed E-state index contributed by atoms with van der Waals surface area (Å²) in [7, 11) is 0. The van der Waals surface area contributed by atoms with Crippen molar-refractivity contribution in [1.82, 2.24) is 4.98 Å². The van der Waals surface area contributed by atoms with E-state index in [2.05, 4.69) is 22.9 Å². The Balaban J connectivity index is 2.32. The third kappa shape index (κ3) is 3.07. The molecule has 2 aromatic rings. The quantitative estimate of drug-likeness (QED) is 0.845. The fourth-order valence-electron chi connectivity index (χ4n) is 2.18. The number of rotatable bonds is 5. The summed E-state index contributed by atoms with van der Waals surface area (Å²) >= 11 is 0. The Morgan fingerprint density at radius 2 is 2.05 bits per heavy atom. The number of nitriles is 1. The van der Waals surface area contributed by atoms with Gasteiger partial charge in [0.25, 0.3) is 0 Å². The third-order valence-corrected chi connectivity index (χ3v) is 3.14. The Bertz CT molecular complexity index is 616. The van der Waals surface area contributed by atoms with Gasteiger partial charge in [-0.3, -0.25) is 0 Å². The van der Waals surface area contributed by atoms with Gasteiger partial charge < -0.3 is 10.6 Å². The molecule has 0 spiro atoms. The summed E-state index contributed by atoms with van der Waals surface area (Å²) in [6.45, 7) is 3.65. The zero-order valence-corrected chi connectivity index (χ0v) is 11.6. The molecule has 0 unspecified atom stereocenters. The highest BCUT2D eigenvalue weighted by Crippen LogP contribution is 2.22. The molecule has 0 aliphatic rings. The van der Waals surface area contributed by atoms with Crippen molar-refractivity contribution in [2.75, 3.05) is 17.2 Å². The fourth-order valence-corrected chi connectivity index (χ4v) is 2.18. The van der Waals surface area contributed by atoms with Crippen molar-refractivity contribution in [2.24, 2.45) is 0 Å². The van der Waals surface area contributed by atoms with E-state index in [4.69, 9.17) is 5.73 Å². The molecule has 0 amide bonds. The van der Waals surface area contributed by atoms with Crippen LogP contribution in [-0.2, 0) is 6.54 Å². The number of nitrogens with zero attached hydrogens (tertiary/aromatic N) is 3. The third-order valence-electron chi connectivity index (χ3n) is 3.14. The lowest BCUT2D eigenvalue weighted by Crippen LogP contribution is -2.25. The Morgan fingerprint density at radius 3 is 2.75 bits per heavy atom. The minimum Gasteiger partial charge on any atom is -0.398 e. The summed E-state index contributed by atoms with van der Waals surface area (Å²) in [4.78, 5) is 6.28. The maximum atomic E-state index is 9.19. The molecule has 1 aromatic heterocycles. The molecule has 2 N–H and O–H groups in total. The van der Waals surface area contributed by atoms with E-state index in [-0.39, 0.29) is 0 Å². The second kappa shape index (κ2) is 6.58. The van der Waals surface area contributed by atoms with Gasteiger partial charge in [0.1, 0.15) is 6.07 Å². The SMILES string of the molecule is CCCN(Cc1ccccc1N)c1cccnc1C#N. The van der Waals surface area contributed by atoms with Gasteiger partial charge in [-0.1, -0.05) is 25.1 Å². The van der Waals surface area contributed by atoms with E-state index >= 15 is 0 Å². The average Bonchev–Trinajstić information content (AvgIpc) is 2.49. The molecule has 0 radical (unpaired) electrons. The molecule has 0 saturated heterocycles. The molecule has 0 aliphatic carbocycles. The number of hydrogen-bond acceptors (Lipinski definition) is 4. The highest BCUT2D eigenvalue weighted by Gasteiger charge is 2.12. The Hall–Kier alpha value is -2.54. The van der Waals surface area contributed by atoms with E-state index in [1.54, 1.807) is 6.20 Å². The zero-order valence-electron chi connectivity index (χ0n) is 11.6. The van der Waals surface area contributed by atoms with Gasteiger partial charge in [-0.05, 0) is 30.2 Å². The van der Waals surface area contributed by atoms with E-state index in [1.807, 2.05) is 36.4 Å². The van der Waals surface area contributed by atoms with Crippen LogP contribution in [0.4, 0.5) is 11.4 Å². The summed E-state index contributed by atoms with van der Waals surface area (Å²) in [6.07, 6.45) is 2.63. The van der Waals surface area contributed by atoms with Gasteiger partial charge in [0.15, 0.2) is 5.69 Å². The van der Waals surface area contributed by atoms with Gasteiger partial charge in [-0.25, -0.2) is 4.98 Å². The molecule has 0 aliphatic heterocycles. The lowest BCUT2D eigenvalue weighted by atomic mass is 10.1. The monoisotopic (exact) mass is 266 g/mol. The number of nitrogen functional groups attached to an aromatic ring is 1. The molecule has 4 nitrogen and oxygen atoms in total. The normalized spacial score (nSPS) is 10.0. The van der Waals surface area contributed by atoms with Gasteiger partial charge in [0, 0.05) is 25.0 Å².